The molecule has 0 aliphatic heterocycles. The predicted octanol–water partition coefficient (Wildman–Crippen LogP) is 3.65. The van der Waals surface area contributed by atoms with Crippen molar-refractivity contribution in [3.05, 3.63) is 45.7 Å². The molecule has 0 aliphatic carbocycles. The Hall–Kier alpha value is -1.13. The molecule has 0 spiro atoms. The number of aryl methyl sites for hydroxylation is 2. The summed E-state index contributed by atoms with van der Waals surface area (Å²) in [5.74, 6) is 0. The van der Waals surface area contributed by atoms with E-state index in [0.717, 1.165) is 35.1 Å². The van der Waals surface area contributed by atoms with Gasteiger partial charge in [-0.25, -0.2) is 4.68 Å². The third kappa shape index (κ3) is 3.30. The van der Waals surface area contributed by atoms with Crippen molar-refractivity contribution in [3.63, 3.8) is 0 Å². The summed E-state index contributed by atoms with van der Waals surface area (Å²) in [6.45, 7) is 6.33. The molecular formula is C16H22BrN3. The van der Waals surface area contributed by atoms with Crippen molar-refractivity contribution in [1.82, 2.24) is 9.78 Å². The maximum absolute atomic E-state index is 5.98. The Kier molecular flexibility index (Phi) is 5.00. The molecule has 1 unspecified atom stereocenters. The predicted molar refractivity (Wildman–Crippen MR) is 87.4 cm³/mol. The van der Waals surface area contributed by atoms with E-state index in [1.165, 1.54) is 11.3 Å². The molecule has 0 aliphatic rings. The maximum atomic E-state index is 5.98. The smallest absolute Gasteiger partial charge is 0.0682 e. The van der Waals surface area contributed by atoms with E-state index in [0.29, 0.717) is 0 Å². The fraction of sp³-hybridized carbons (Fsp3) is 0.438. The van der Waals surface area contributed by atoms with Crippen LogP contribution in [0, 0.1) is 0 Å². The van der Waals surface area contributed by atoms with E-state index in [1.54, 1.807) is 0 Å². The van der Waals surface area contributed by atoms with Crippen LogP contribution in [0.25, 0.3) is 5.69 Å². The van der Waals surface area contributed by atoms with E-state index >= 15 is 0 Å². The van der Waals surface area contributed by atoms with E-state index in [1.807, 2.05) is 6.92 Å². The van der Waals surface area contributed by atoms with Crippen LogP contribution in [0.4, 0.5) is 0 Å². The molecule has 20 heavy (non-hydrogen) atoms. The van der Waals surface area contributed by atoms with E-state index in [-0.39, 0.29) is 6.04 Å². The first-order chi connectivity index (χ1) is 9.55. The molecule has 1 heterocycles. The van der Waals surface area contributed by atoms with E-state index in [2.05, 4.69) is 58.7 Å². The highest BCUT2D eigenvalue weighted by molar-refractivity contribution is 9.10. The van der Waals surface area contributed by atoms with Gasteiger partial charge < -0.3 is 5.73 Å². The van der Waals surface area contributed by atoms with Crippen molar-refractivity contribution in [2.75, 3.05) is 0 Å². The molecule has 2 N–H and O–H groups in total. The molecule has 0 fully saturated rings. The average molecular weight is 336 g/mol. The van der Waals surface area contributed by atoms with Gasteiger partial charge in [0, 0.05) is 16.2 Å². The SMILES string of the molecule is CCc1cc(CC)n(-c2ccc(Br)cc2CC(C)N)n1. The second-order valence-electron chi connectivity index (χ2n) is 5.20. The lowest BCUT2D eigenvalue weighted by atomic mass is 10.1. The van der Waals surface area contributed by atoms with Gasteiger partial charge in [-0.3, -0.25) is 0 Å². The van der Waals surface area contributed by atoms with Crippen LogP contribution in [0.5, 0.6) is 0 Å². The minimum Gasteiger partial charge on any atom is -0.328 e. The number of nitrogens with two attached hydrogens (primary N) is 1. The van der Waals surface area contributed by atoms with Crippen molar-refractivity contribution >= 4 is 15.9 Å². The monoisotopic (exact) mass is 335 g/mol. The Bertz CT molecular complexity index is 587. The van der Waals surface area contributed by atoms with Crippen LogP contribution in [0.15, 0.2) is 28.7 Å². The molecule has 108 valence electrons. The molecule has 1 aromatic carbocycles. The van der Waals surface area contributed by atoms with Crippen molar-refractivity contribution in [3.8, 4) is 5.69 Å². The Morgan fingerprint density at radius 2 is 2.00 bits per heavy atom. The number of aromatic nitrogens is 2. The molecule has 1 atom stereocenters. The Morgan fingerprint density at radius 3 is 2.60 bits per heavy atom. The van der Waals surface area contributed by atoms with Gasteiger partial charge in [-0.15, -0.1) is 0 Å². The van der Waals surface area contributed by atoms with Crippen molar-refractivity contribution < 1.29 is 0 Å². The summed E-state index contributed by atoms with van der Waals surface area (Å²) in [7, 11) is 0. The van der Waals surface area contributed by atoms with Gasteiger partial charge in [-0.2, -0.15) is 5.10 Å². The van der Waals surface area contributed by atoms with Crippen molar-refractivity contribution in [2.24, 2.45) is 5.73 Å². The number of hydrogen-bond donors (Lipinski definition) is 1. The van der Waals surface area contributed by atoms with Crippen LogP contribution in [0.2, 0.25) is 0 Å². The zero-order chi connectivity index (χ0) is 14.7. The second-order valence-corrected chi connectivity index (χ2v) is 6.12. The number of rotatable bonds is 5. The van der Waals surface area contributed by atoms with Crippen molar-refractivity contribution in [2.45, 2.75) is 46.1 Å². The number of hydrogen-bond acceptors (Lipinski definition) is 2. The largest absolute Gasteiger partial charge is 0.328 e. The van der Waals surface area contributed by atoms with Crippen molar-refractivity contribution in [1.29, 1.82) is 0 Å². The summed E-state index contributed by atoms with van der Waals surface area (Å²) in [4.78, 5) is 0. The average Bonchev–Trinajstić information content (AvgIpc) is 2.81. The fourth-order valence-corrected chi connectivity index (χ4v) is 2.79. The Labute approximate surface area is 129 Å². The molecule has 0 saturated heterocycles. The Morgan fingerprint density at radius 1 is 1.25 bits per heavy atom. The molecular weight excluding hydrogens is 314 g/mol. The molecule has 1 aromatic heterocycles. The zero-order valence-electron chi connectivity index (χ0n) is 12.4. The minimum absolute atomic E-state index is 0.134. The van der Waals surface area contributed by atoms with E-state index in [4.69, 9.17) is 10.8 Å². The summed E-state index contributed by atoms with van der Waals surface area (Å²) in [6.07, 6.45) is 2.78. The van der Waals surface area contributed by atoms with Crippen LogP contribution in [-0.4, -0.2) is 15.8 Å². The van der Waals surface area contributed by atoms with Gasteiger partial charge in [-0.1, -0.05) is 29.8 Å². The molecule has 0 bridgehead atoms. The third-order valence-corrected chi connectivity index (χ3v) is 3.86. The molecule has 3 nitrogen and oxygen atoms in total. The molecule has 0 amide bonds. The van der Waals surface area contributed by atoms with Gasteiger partial charge in [0.2, 0.25) is 0 Å². The summed E-state index contributed by atoms with van der Waals surface area (Å²) < 4.78 is 3.15. The first-order valence-corrected chi connectivity index (χ1v) is 7.96. The Balaban J connectivity index is 2.53. The first-order valence-electron chi connectivity index (χ1n) is 7.17. The van der Waals surface area contributed by atoms with Gasteiger partial charge in [0.15, 0.2) is 0 Å². The first kappa shape index (κ1) is 15.3. The number of halogens is 1. The third-order valence-electron chi connectivity index (χ3n) is 3.37. The molecule has 2 rings (SSSR count). The maximum Gasteiger partial charge on any atom is 0.0682 e. The molecule has 2 aromatic rings. The van der Waals surface area contributed by atoms with Gasteiger partial charge in [0.1, 0.15) is 0 Å². The summed E-state index contributed by atoms with van der Waals surface area (Å²) >= 11 is 3.54. The van der Waals surface area contributed by atoms with Gasteiger partial charge in [0.05, 0.1) is 11.4 Å². The van der Waals surface area contributed by atoms with E-state index in [9.17, 15) is 0 Å². The fourth-order valence-electron chi connectivity index (χ4n) is 2.38. The normalized spacial score (nSPS) is 12.7. The molecule has 0 saturated carbocycles. The number of benzene rings is 1. The highest BCUT2D eigenvalue weighted by Crippen LogP contribution is 2.23. The van der Waals surface area contributed by atoms with Gasteiger partial charge in [-0.05, 0) is 56.0 Å². The number of nitrogens with zero attached hydrogens (tertiary/aromatic N) is 2. The van der Waals surface area contributed by atoms with Gasteiger partial charge >= 0.3 is 0 Å². The van der Waals surface area contributed by atoms with Crippen LogP contribution < -0.4 is 5.73 Å². The van der Waals surface area contributed by atoms with Crippen LogP contribution in [0.1, 0.15) is 37.7 Å². The standard InChI is InChI=1S/C16H22BrN3/c1-4-14-10-15(5-2)20(19-14)16-7-6-13(17)9-12(16)8-11(3)18/h6-7,9-11H,4-5,8,18H2,1-3H3. The second kappa shape index (κ2) is 6.55. The topological polar surface area (TPSA) is 43.8 Å². The minimum atomic E-state index is 0.134. The van der Waals surface area contributed by atoms with E-state index < -0.39 is 0 Å². The lowest BCUT2D eigenvalue weighted by Gasteiger charge is -2.14. The lowest BCUT2D eigenvalue weighted by Crippen LogP contribution is -2.19. The highest BCUT2D eigenvalue weighted by Gasteiger charge is 2.12. The van der Waals surface area contributed by atoms with Crippen LogP contribution >= 0.6 is 15.9 Å². The quantitative estimate of drug-likeness (QED) is 0.906. The summed E-state index contributed by atoms with van der Waals surface area (Å²) in [5.41, 5.74) is 10.7. The highest BCUT2D eigenvalue weighted by atomic mass is 79.9. The van der Waals surface area contributed by atoms with Gasteiger partial charge in [0.25, 0.3) is 0 Å². The van der Waals surface area contributed by atoms with Crippen LogP contribution in [0.3, 0.4) is 0 Å². The summed E-state index contributed by atoms with van der Waals surface area (Å²) in [6, 6.07) is 8.65. The van der Waals surface area contributed by atoms with Crippen LogP contribution in [-0.2, 0) is 19.3 Å². The lowest BCUT2D eigenvalue weighted by molar-refractivity contribution is 0.718. The molecule has 4 heteroatoms. The molecule has 0 radical (unpaired) electrons. The zero-order valence-corrected chi connectivity index (χ0v) is 13.9. The summed E-state index contributed by atoms with van der Waals surface area (Å²) in [5, 5.41) is 4.73.